The summed E-state index contributed by atoms with van der Waals surface area (Å²) >= 11 is 0. The maximum Gasteiger partial charge on any atom is 0.459 e. The first-order valence-corrected chi connectivity index (χ1v) is 13.9. The van der Waals surface area contributed by atoms with E-state index >= 15 is 0 Å². The number of hydrogen-bond acceptors (Lipinski definition) is 10. The highest BCUT2D eigenvalue weighted by molar-refractivity contribution is 7.52. The number of fused-ring (bicyclic) bond motifs is 1. The van der Waals surface area contributed by atoms with Crippen molar-refractivity contribution in [1.82, 2.24) is 29.5 Å². The predicted molar refractivity (Wildman–Crippen MR) is 145 cm³/mol. The maximum absolute atomic E-state index is 13.5. The number of carbonyl (C=O) groups is 1. The minimum absolute atomic E-state index is 0.00759. The smallest absolute Gasteiger partial charge is 0.459 e. The van der Waals surface area contributed by atoms with Crippen LogP contribution in [0.5, 0.6) is 5.75 Å². The first-order chi connectivity index (χ1) is 18.7. The summed E-state index contributed by atoms with van der Waals surface area (Å²) in [4.78, 5) is 41.4. The van der Waals surface area contributed by atoms with Crippen LogP contribution < -0.4 is 15.2 Å². The molecule has 39 heavy (non-hydrogen) atoms. The number of para-hydroxylation sites is 1. The molecule has 2 aromatic heterocycles. The van der Waals surface area contributed by atoms with E-state index in [0.717, 1.165) is 12.8 Å². The van der Waals surface area contributed by atoms with Crippen LogP contribution in [0.4, 0.5) is 5.95 Å². The Bertz CT molecular complexity index is 1340. The molecule has 1 aromatic carbocycles. The predicted octanol–water partition coefficient (Wildman–Crippen LogP) is 2.84. The van der Waals surface area contributed by atoms with Gasteiger partial charge in [0, 0.05) is 14.1 Å². The summed E-state index contributed by atoms with van der Waals surface area (Å²) in [5.41, 5.74) is 0.00423. The van der Waals surface area contributed by atoms with Crippen molar-refractivity contribution < 1.29 is 27.9 Å². The van der Waals surface area contributed by atoms with Crippen LogP contribution in [-0.4, -0.2) is 76.7 Å². The van der Waals surface area contributed by atoms with E-state index in [0.29, 0.717) is 11.4 Å². The Morgan fingerprint density at radius 2 is 2.03 bits per heavy atom. The van der Waals surface area contributed by atoms with Gasteiger partial charge in [0.25, 0.3) is 5.56 Å². The van der Waals surface area contributed by atoms with Crippen molar-refractivity contribution in [2.45, 2.75) is 39.5 Å². The highest BCUT2D eigenvalue weighted by atomic mass is 31.2. The molecule has 0 aliphatic rings. The second-order valence-corrected chi connectivity index (χ2v) is 10.3. The Kier molecular flexibility index (Phi) is 11.2. The number of carbonyl (C=O) groups excluding carboxylic acids is 1. The molecule has 0 bridgehead atoms. The van der Waals surface area contributed by atoms with Crippen molar-refractivity contribution in [3.63, 3.8) is 0 Å². The van der Waals surface area contributed by atoms with E-state index in [2.05, 4.69) is 25.0 Å². The Labute approximate surface area is 225 Å². The van der Waals surface area contributed by atoms with Crippen LogP contribution in [0.1, 0.15) is 26.7 Å². The molecular formula is C24H34N7O7P. The number of aliphatic imine (C=N–C) groups is 1. The molecule has 2 heterocycles. The highest BCUT2D eigenvalue weighted by Gasteiger charge is 2.32. The van der Waals surface area contributed by atoms with Crippen molar-refractivity contribution in [2.24, 2.45) is 4.99 Å². The summed E-state index contributed by atoms with van der Waals surface area (Å²) in [6.45, 7) is 3.64. The highest BCUT2D eigenvalue weighted by Crippen LogP contribution is 2.44. The zero-order chi connectivity index (χ0) is 28.3. The summed E-state index contributed by atoms with van der Waals surface area (Å²) in [7, 11) is -0.404. The quantitative estimate of drug-likeness (QED) is 0.0866. The second kappa shape index (κ2) is 14.5. The Hall–Kier alpha value is -3.58. The number of ether oxygens (including phenoxy) is 2. The van der Waals surface area contributed by atoms with Gasteiger partial charge in [-0.15, -0.1) is 0 Å². The molecule has 1 unspecified atom stereocenters. The zero-order valence-corrected chi connectivity index (χ0v) is 23.3. The van der Waals surface area contributed by atoms with Gasteiger partial charge in [-0.2, -0.15) is 10.1 Å². The van der Waals surface area contributed by atoms with Crippen LogP contribution in [-0.2, 0) is 30.1 Å². The van der Waals surface area contributed by atoms with E-state index in [1.807, 2.05) is 6.92 Å². The Morgan fingerprint density at radius 3 is 2.74 bits per heavy atom. The fourth-order valence-corrected chi connectivity index (χ4v) is 4.56. The molecular weight excluding hydrogens is 529 g/mol. The normalized spacial score (nSPS) is 13.8. The Balaban J connectivity index is 1.60. The van der Waals surface area contributed by atoms with Crippen molar-refractivity contribution >= 4 is 37.2 Å². The molecule has 15 heteroatoms. The van der Waals surface area contributed by atoms with Crippen molar-refractivity contribution in [2.75, 3.05) is 33.9 Å². The summed E-state index contributed by atoms with van der Waals surface area (Å²) in [5.74, 6) is -0.141. The SMILES string of the molecule is CCCCOC(=O)[C@H](C)NP(=O)(OCCOCn1cnc2c(=O)[nH]c(N=CN(C)C)nc21)Oc1ccccc1. The second-order valence-electron chi connectivity index (χ2n) is 8.63. The lowest BCUT2D eigenvalue weighted by Crippen LogP contribution is -2.35. The molecule has 2 atom stereocenters. The largest absolute Gasteiger partial charge is 0.465 e. The first-order valence-electron chi connectivity index (χ1n) is 12.4. The third kappa shape index (κ3) is 9.29. The summed E-state index contributed by atoms with van der Waals surface area (Å²) < 4.78 is 37.0. The number of aromatic nitrogens is 4. The molecule has 0 amide bonds. The van der Waals surface area contributed by atoms with Gasteiger partial charge in [-0.1, -0.05) is 31.5 Å². The van der Waals surface area contributed by atoms with Crippen LogP contribution in [0.3, 0.4) is 0 Å². The van der Waals surface area contributed by atoms with Gasteiger partial charge in [0.1, 0.15) is 18.5 Å². The van der Waals surface area contributed by atoms with Crippen molar-refractivity contribution in [3.8, 4) is 5.75 Å². The number of aromatic amines is 1. The molecule has 14 nitrogen and oxygen atoms in total. The summed E-state index contributed by atoms with van der Waals surface area (Å²) in [6, 6.07) is 7.52. The molecule has 3 rings (SSSR count). The molecule has 0 saturated carbocycles. The first kappa shape index (κ1) is 30.0. The van der Waals surface area contributed by atoms with Gasteiger partial charge in [0.2, 0.25) is 5.95 Å². The number of nitrogens with one attached hydrogen (secondary N) is 2. The number of unbranched alkanes of at least 4 members (excludes halogenated alkanes) is 1. The topological polar surface area (TPSA) is 162 Å². The lowest BCUT2D eigenvalue weighted by Gasteiger charge is -2.22. The standard InChI is InChI=1S/C24H34N7O7P/c1-5-6-12-36-23(33)18(2)29-39(34,38-19-10-8-7-9-11-19)37-14-13-35-17-31-16-25-20-21(31)27-24(28-22(20)32)26-15-30(3)4/h7-11,15-16,18H,5-6,12-14,17H2,1-4H3,(H,29,34)(H,27,28,32)/t18-,39?/m0/s1. The van der Waals surface area contributed by atoms with E-state index in [9.17, 15) is 14.2 Å². The molecule has 0 spiro atoms. The number of rotatable bonds is 16. The van der Waals surface area contributed by atoms with Crippen molar-refractivity contribution in [3.05, 3.63) is 47.0 Å². The van der Waals surface area contributed by atoms with Gasteiger partial charge in [-0.3, -0.25) is 23.7 Å². The summed E-state index contributed by atoms with van der Waals surface area (Å²) in [6.07, 6.45) is 4.53. The number of nitrogens with zero attached hydrogens (tertiary/aromatic N) is 5. The molecule has 2 N–H and O–H groups in total. The number of esters is 1. The molecule has 0 aliphatic carbocycles. The van der Waals surface area contributed by atoms with Gasteiger partial charge in [0.15, 0.2) is 11.2 Å². The lowest BCUT2D eigenvalue weighted by molar-refractivity contribution is -0.145. The van der Waals surface area contributed by atoms with Crippen molar-refractivity contribution in [1.29, 1.82) is 0 Å². The van der Waals surface area contributed by atoms with E-state index < -0.39 is 25.3 Å². The van der Waals surface area contributed by atoms with Crippen LogP contribution in [0.15, 0.2) is 46.4 Å². The van der Waals surface area contributed by atoms with Gasteiger partial charge in [-0.25, -0.2) is 14.5 Å². The van der Waals surface area contributed by atoms with E-state index in [-0.39, 0.29) is 38.0 Å². The monoisotopic (exact) mass is 563 g/mol. The minimum atomic E-state index is -3.99. The number of benzene rings is 1. The average Bonchev–Trinajstić information content (AvgIpc) is 3.31. The molecule has 0 radical (unpaired) electrons. The molecule has 0 saturated heterocycles. The minimum Gasteiger partial charge on any atom is -0.465 e. The molecule has 0 fully saturated rings. The fraction of sp³-hybridized carbons (Fsp3) is 0.458. The lowest BCUT2D eigenvalue weighted by atomic mass is 10.3. The maximum atomic E-state index is 13.5. The molecule has 0 aliphatic heterocycles. The van der Waals surface area contributed by atoms with Crippen LogP contribution >= 0.6 is 7.75 Å². The number of hydrogen-bond donors (Lipinski definition) is 2. The van der Waals surface area contributed by atoms with Gasteiger partial charge >= 0.3 is 13.7 Å². The van der Waals surface area contributed by atoms with E-state index in [1.54, 1.807) is 49.3 Å². The van der Waals surface area contributed by atoms with Crippen LogP contribution in [0.25, 0.3) is 11.2 Å². The van der Waals surface area contributed by atoms with Gasteiger partial charge < -0.3 is 18.9 Å². The third-order valence-corrected chi connectivity index (χ3v) is 6.69. The van der Waals surface area contributed by atoms with Crippen LogP contribution in [0.2, 0.25) is 0 Å². The average molecular weight is 564 g/mol. The molecule has 3 aromatic rings. The Morgan fingerprint density at radius 1 is 1.26 bits per heavy atom. The summed E-state index contributed by atoms with van der Waals surface area (Å²) in [5, 5.41) is 2.63. The van der Waals surface area contributed by atoms with E-state index in [1.165, 1.54) is 24.2 Å². The zero-order valence-electron chi connectivity index (χ0n) is 22.4. The van der Waals surface area contributed by atoms with Gasteiger partial charge in [0.05, 0.1) is 32.5 Å². The fourth-order valence-electron chi connectivity index (χ4n) is 3.09. The van der Waals surface area contributed by atoms with Gasteiger partial charge in [-0.05, 0) is 25.5 Å². The van der Waals surface area contributed by atoms with E-state index in [4.69, 9.17) is 18.5 Å². The number of imidazole rings is 1. The van der Waals surface area contributed by atoms with Crippen LogP contribution in [0, 0.1) is 0 Å². The number of H-pyrrole nitrogens is 1. The third-order valence-electron chi connectivity index (χ3n) is 5.01. The molecule has 212 valence electrons.